The number of aliphatic hydroxyl groups is 3. The molecule has 0 spiro atoms. The van der Waals surface area contributed by atoms with Crippen molar-refractivity contribution < 1.29 is 54.2 Å². The highest BCUT2D eigenvalue weighted by Gasteiger charge is 2.43. The summed E-state index contributed by atoms with van der Waals surface area (Å²) < 4.78 is 11.2. The molecule has 7 N–H and O–H groups in total. The van der Waals surface area contributed by atoms with E-state index in [-0.39, 0.29) is 18.2 Å². The number of hydrogen-bond donors (Lipinski definition) is 7. The van der Waals surface area contributed by atoms with Gasteiger partial charge in [-0.1, -0.05) is 168 Å². The van der Waals surface area contributed by atoms with Crippen LogP contribution in [0.3, 0.4) is 0 Å². The minimum atomic E-state index is -1.65. The molecule has 2 amide bonds. The Morgan fingerprint density at radius 3 is 1.35 bits per heavy atom. The fourth-order valence-corrected chi connectivity index (χ4v) is 7.48. The van der Waals surface area contributed by atoms with Crippen molar-refractivity contribution >= 4 is 23.8 Å². The van der Waals surface area contributed by atoms with Crippen LogP contribution in [0.4, 0.5) is 0 Å². The van der Waals surface area contributed by atoms with Gasteiger partial charge in [-0.25, -0.2) is 4.79 Å². The molecule has 0 bridgehead atoms. The van der Waals surface area contributed by atoms with Crippen molar-refractivity contribution in [1.29, 1.82) is 0 Å². The Kier molecular flexibility index (Phi) is 31.0. The maximum absolute atomic E-state index is 13.9. The molecule has 13 heteroatoms. The lowest BCUT2D eigenvalue weighted by Gasteiger charge is -2.39. The maximum atomic E-state index is 13.9. The van der Waals surface area contributed by atoms with E-state index in [0.717, 1.165) is 51.4 Å². The molecule has 1 rings (SSSR count). The number of aliphatic carboxylic acids is 2. The molecule has 57 heavy (non-hydrogen) atoms. The number of carbonyl (C=O) groups excluding carboxylic acids is 2. The van der Waals surface area contributed by atoms with E-state index >= 15 is 0 Å². The van der Waals surface area contributed by atoms with Gasteiger partial charge in [0.1, 0.15) is 30.4 Å². The van der Waals surface area contributed by atoms with Crippen LogP contribution in [0.15, 0.2) is 0 Å². The van der Waals surface area contributed by atoms with E-state index in [1.165, 1.54) is 110 Å². The molecule has 1 aliphatic rings. The summed E-state index contributed by atoms with van der Waals surface area (Å²) >= 11 is 0. The van der Waals surface area contributed by atoms with E-state index in [2.05, 4.69) is 24.5 Å². The van der Waals surface area contributed by atoms with Crippen LogP contribution in [0.25, 0.3) is 0 Å². The Bertz CT molecular complexity index is 1040. The first-order valence-corrected chi connectivity index (χ1v) is 22.8. The zero-order chi connectivity index (χ0) is 42.3. The van der Waals surface area contributed by atoms with Crippen LogP contribution in [0, 0.1) is 5.92 Å². The Balaban J connectivity index is 2.89. The number of carboxylic acids is 2. The zero-order valence-electron chi connectivity index (χ0n) is 35.8. The van der Waals surface area contributed by atoms with Crippen molar-refractivity contribution in [3.05, 3.63) is 0 Å². The van der Waals surface area contributed by atoms with Gasteiger partial charge in [0.05, 0.1) is 12.7 Å². The molecule has 1 fully saturated rings. The van der Waals surface area contributed by atoms with Gasteiger partial charge in [0, 0.05) is 12.3 Å². The summed E-state index contributed by atoms with van der Waals surface area (Å²) in [7, 11) is 0. The van der Waals surface area contributed by atoms with Crippen molar-refractivity contribution in [2.45, 2.75) is 243 Å². The third kappa shape index (κ3) is 25.0. The summed E-state index contributed by atoms with van der Waals surface area (Å²) in [6.07, 6.45) is 22.2. The van der Waals surface area contributed by atoms with E-state index in [1.54, 1.807) is 0 Å². The van der Waals surface area contributed by atoms with Crippen molar-refractivity contribution in [3.8, 4) is 0 Å². The van der Waals surface area contributed by atoms with E-state index < -0.39 is 73.7 Å². The Labute approximate surface area is 343 Å². The lowest BCUT2D eigenvalue weighted by atomic mass is 9.92. The van der Waals surface area contributed by atoms with Crippen LogP contribution in [0.5, 0.6) is 0 Å². The summed E-state index contributed by atoms with van der Waals surface area (Å²) in [5, 5.41) is 54.7. The van der Waals surface area contributed by atoms with Gasteiger partial charge in [0.15, 0.2) is 6.29 Å². The first kappa shape index (κ1) is 52.7. The van der Waals surface area contributed by atoms with Crippen LogP contribution in [0.2, 0.25) is 0 Å². The van der Waals surface area contributed by atoms with E-state index in [0.29, 0.717) is 12.8 Å². The van der Waals surface area contributed by atoms with E-state index in [1.807, 2.05) is 0 Å². The molecule has 0 aromatic carbocycles. The van der Waals surface area contributed by atoms with Gasteiger partial charge in [-0.2, -0.15) is 0 Å². The minimum Gasteiger partial charge on any atom is -0.481 e. The third-order valence-electron chi connectivity index (χ3n) is 11.3. The third-order valence-corrected chi connectivity index (χ3v) is 11.3. The second-order valence-corrected chi connectivity index (χ2v) is 16.5. The fourth-order valence-electron chi connectivity index (χ4n) is 7.48. The van der Waals surface area contributed by atoms with Gasteiger partial charge >= 0.3 is 11.9 Å². The zero-order valence-corrected chi connectivity index (χ0v) is 35.8. The molecule has 1 aliphatic heterocycles. The highest BCUT2D eigenvalue weighted by Crippen LogP contribution is 2.23. The fraction of sp³-hybridized carbons (Fsp3) is 0.909. The first-order valence-electron chi connectivity index (χ1n) is 22.8. The van der Waals surface area contributed by atoms with Gasteiger partial charge in [0.2, 0.25) is 11.8 Å². The second kappa shape index (κ2) is 33.5. The predicted molar refractivity (Wildman–Crippen MR) is 222 cm³/mol. The van der Waals surface area contributed by atoms with Crippen molar-refractivity contribution in [1.82, 2.24) is 10.6 Å². The molecule has 0 unspecified atom stereocenters. The molecule has 0 aromatic heterocycles. The molecule has 1 saturated heterocycles. The summed E-state index contributed by atoms with van der Waals surface area (Å²) in [4.78, 5) is 50.5. The van der Waals surface area contributed by atoms with E-state index in [4.69, 9.17) is 14.6 Å². The lowest BCUT2D eigenvalue weighted by Crippen LogP contribution is -2.59. The van der Waals surface area contributed by atoms with Gasteiger partial charge in [-0.3, -0.25) is 14.4 Å². The average Bonchev–Trinajstić information content (AvgIpc) is 3.18. The smallest absolute Gasteiger partial charge is 0.326 e. The molecule has 0 aromatic rings. The van der Waals surface area contributed by atoms with Crippen molar-refractivity contribution in [2.24, 2.45) is 5.92 Å². The number of nitrogens with one attached hydrogen (secondary N) is 2. The number of ether oxygens (including phenoxy) is 2. The van der Waals surface area contributed by atoms with Gasteiger partial charge in [-0.05, 0) is 26.2 Å². The van der Waals surface area contributed by atoms with E-state index in [9.17, 15) is 39.6 Å². The SMILES string of the molecule is CCCCCCCCCCCCCCC(CCCCCCCCCCCCCC)C(=O)N[C@H](CO[C@@H]1O[C@@H](C)[C@@H](O)[C@@H](O)[C@@H]1O)C(=O)N[C@H](CCC(=O)O)C(=O)O. The maximum Gasteiger partial charge on any atom is 0.326 e. The summed E-state index contributed by atoms with van der Waals surface area (Å²) in [5.74, 6) is -4.29. The number of rotatable bonds is 37. The Hall–Kier alpha value is -2.32. The van der Waals surface area contributed by atoms with Crippen LogP contribution in [0.1, 0.15) is 201 Å². The summed E-state index contributed by atoms with van der Waals surface area (Å²) in [6, 6.07) is -2.94. The largest absolute Gasteiger partial charge is 0.481 e. The number of amides is 2. The number of hydrogen-bond acceptors (Lipinski definition) is 9. The topological polar surface area (TPSA) is 212 Å². The highest BCUT2D eigenvalue weighted by atomic mass is 16.7. The monoisotopic (exact) mass is 815 g/mol. The quantitative estimate of drug-likeness (QED) is 0.0304. The highest BCUT2D eigenvalue weighted by molar-refractivity contribution is 5.91. The number of carbonyl (C=O) groups is 4. The van der Waals surface area contributed by atoms with Crippen LogP contribution in [-0.4, -0.2) is 98.7 Å². The molecule has 334 valence electrons. The normalized spacial score (nSPS) is 20.6. The summed E-state index contributed by atoms with van der Waals surface area (Å²) in [6.45, 7) is 5.41. The standard InChI is InChI=1S/C44H82N2O11/c1-4-6-8-10-12-14-16-18-20-22-24-26-28-34(29-27-25-23-21-19-17-15-13-11-9-7-5-2)41(52)46-36(42(53)45-35(43(54)55)30-31-37(47)48)32-56-44-40(51)39(50)38(49)33(3)57-44/h33-36,38-40,44,49-51H,4-32H2,1-3H3,(H,45,53)(H,46,52)(H,47,48)(H,54,55)/t33-,35+,36+,38+,39+,40-,44+/m0/s1. The molecule has 0 radical (unpaired) electrons. The number of unbranched alkanes of at least 4 members (excludes halogenated alkanes) is 22. The lowest BCUT2D eigenvalue weighted by molar-refractivity contribution is -0.293. The van der Waals surface area contributed by atoms with Gasteiger partial charge in [-0.15, -0.1) is 0 Å². The van der Waals surface area contributed by atoms with Crippen molar-refractivity contribution in [3.63, 3.8) is 0 Å². The Morgan fingerprint density at radius 2 is 0.947 bits per heavy atom. The van der Waals surface area contributed by atoms with Gasteiger partial charge < -0.3 is 45.6 Å². The number of carboxylic acid groups (broad SMARTS) is 2. The minimum absolute atomic E-state index is 0.365. The first-order chi connectivity index (χ1) is 27.4. The van der Waals surface area contributed by atoms with Crippen LogP contribution < -0.4 is 10.6 Å². The van der Waals surface area contributed by atoms with Gasteiger partial charge in [0.25, 0.3) is 0 Å². The molecule has 7 atom stereocenters. The van der Waals surface area contributed by atoms with Crippen LogP contribution >= 0.6 is 0 Å². The Morgan fingerprint density at radius 1 is 0.544 bits per heavy atom. The molecule has 0 aliphatic carbocycles. The summed E-state index contributed by atoms with van der Waals surface area (Å²) in [5.41, 5.74) is 0. The second-order valence-electron chi connectivity index (χ2n) is 16.5. The molecular formula is C44H82N2O11. The number of aliphatic hydroxyl groups excluding tert-OH is 3. The molecule has 1 heterocycles. The average molecular weight is 815 g/mol. The van der Waals surface area contributed by atoms with Crippen molar-refractivity contribution in [2.75, 3.05) is 6.61 Å². The van der Waals surface area contributed by atoms with Crippen LogP contribution in [-0.2, 0) is 28.7 Å². The molecule has 0 saturated carbocycles. The predicted octanol–water partition coefficient (Wildman–Crippen LogP) is 7.55. The molecule has 13 nitrogen and oxygen atoms in total. The molecular weight excluding hydrogens is 732 g/mol.